The lowest BCUT2D eigenvalue weighted by Gasteiger charge is -2.28. The van der Waals surface area contributed by atoms with Gasteiger partial charge in [0.25, 0.3) is 5.91 Å². The fourth-order valence-electron chi connectivity index (χ4n) is 4.14. The minimum Gasteiger partial charge on any atom is -0.470 e. The molecule has 9 nitrogen and oxygen atoms in total. The molecule has 0 aliphatic carbocycles. The summed E-state index contributed by atoms with van der Waals surface area (Å²) in [5.41, 5.74) is 1.29. The van der Waals surface area contributed by atoms with E-state index in [-0.39, 0.29) is 36.3 Å². The first-order chi connectivity index (χ1) is 14.9. The number of rotatable bonds is 3. The van der Waals surface area contributed by atoms with Crippen molar-refractivity contribution in [3.8, 4) is 5.88 Å². The second-order valence-electron chi connectivity index (χ2n) is 7.62. The molecule has 5 rings (SSSR count). The summed E-state index contributed by atoms with van der Waals surface area (Å²) >= 11 is 0. The van der Waals surface area contributed by atoms with Gasteiger partial charge in [-0.1, -0.05) is 30.3 Å². The Labute approximate surface area is 179 Å². The molecule has 10 heteroatoms. The van der Waals surface area contributed by atoms with Gasteiger partial charge in [-0.15, -0.1) is 0 Å². The summed E-state index contributed by atoms with van der Waals surface area (Å²) in [6.07, 6.45) is 2.53. The summed E-state index contributed by atoms with van der Waals surface area (Å²) in [5, 5.41) is 4.06. The number of amides is 1. The standard InChI is InChI=1S/C21H21N5O4S/c1-24-16(9-11-23-24)21(27)25-13-17-18(14-25)30-20-19(8-5-10-22-20)31(28,29)26(17)12-15-6-3-2-4-7-15/h2-11,17-18H,12-14H2,1H3/t17-,18-/m0/s1. The van der Waals surface area contributed by atoms with Crippen LogP contribution in [0.3, 0.4) is 0 Å². The Bertz CT molecular complexity index is 1230. The average molecular weight is 439 g/mol. The Morgan fingerprint density at radius 1 is 1.10 bits per heavy atom. The van der Waals surface area contributed by atoms with Gasteiger partial charge in [0, 0.05) is 32.5 Å². The number of hydrogen-bond acceptors (Lipinski definition) is 6. The lowest BCUT2D eigenvalue weighted by atomic mass is 10.1. The van der Waals surface area contributed by atoms with Crippen molar-refractivity contribution in [2.45, 2.75) is 23.6 Å². The lowest BCUT2D eigenvalue weighted by Crippen LogP contribution is -2.46. The molecule has 2 aliphatic rings. The van der Waals surface area contributed by atoms with E-state index in [2.05, 4.69) is 10.1 Å². The van der Waals surface area contributed by atoms with E-state index < -0.39 is 22.2 Å². The van der Waals surface area contributed by atoms with Crippen molar-refractivity contribution in [2.75, 3.05) is 13.1 Å². The normalized spacial score (nSPS) is 22.3. The highest BCUT2D eigenvalue weighted by Gasteiger charge is 2.48. The van der Waals surface area contributed by atoms with Crippen LogP contribution in [0.2, 0.25) is 0 Å². The lowest BCUT2D eigenvalue weighted by molar-refractivity contribution is 0.0759. The largest absolute Gasteiger partial charge is 0.470 e. The molecule has 0 unspecified atom stereocenters. The van der Waals surface area contributed by atoms with Gasteiger partial charge in [0.15, 0.2) is 0 Å². The summed E-state index contributed by atoms with van der Waals surface area (Å²) < 4.78 is 36.3. The molecular formula is C21H21N5O4S. The van der Waals surface area contributed by atoms with Crippen LogP contribution in [0.4, 0.5) is 0 Å². The fraction of sp³-hybridized carbons (Fsp3) is 0.286. The number of nitrogens with zero attached hydrogens (tertiary/aromatic N) is 5. The van der Waals surface area contributed by atoms with E-state index in [0.29, 0.717) is 5.69 Å². The van der Waals surface area contributed by atoms with E-state index in [4.69, 9.17) is 4.74 Å². The third-order valence-electron chi connectivity index (χ3n) is 5.70. The minimum absolute atomic E-state index is 0.0462. The first-order valence-corrected chi connectivity index (χ1v) is 11.3. The van der Waals surface area contributed by atoms with Gasteiger partial charge in [-0.2, -0.15) is 9.40 Å². The molecule has 160 valence electrons. The zero-order valence-corrected chi connectivity index (χ0v) is 17.6. The van der Waals surface area contributed by atoms with Crippen LogP contribution in [0.15, 0.2) is 65.8 Å². The van der Waals surface area contributed by atoms with Crippen LogP contribution >= 0.6 is 0 Å². The van der Waals surface area contributed by atoms with E-state index in [1.54, 1.807) is 30.3 Å². The van der Waals surface area contributed by atoms with Crippen LogP contribution in [-0.2, 0) is 23.6 Å². The van der Waals surface area contributed by atoms with E-state index >= 15 is 0 Å². The number of benzene rings is 1. The highest BCUT2D eigenvalue weighted by molar-refractivity contribution is 7.89. The van der Waals surface area contributed by atoms with Gasteiger partial charge in [0.05, 0.1) is 12.6 Å². The third-order valence-corrected chi connectivity index (χ3v) is 7.59. The number of sulfonamides is 1. The predicted molar refractivity (Wildman–Crippen MR) is 111 cm³/mol. The molecule has 1 saturated heterocycles. The summed E-state index contributed by atoms with van der Waals surface area (Å²) in [5.74, 6) is -0.141. The van der Waals surface area contributed by atoms with Crippen LogP contribution < -0.4 is 4.74 Å². The highest BCUT2D eigenvalue weighted by atomic mass is 32.2. The molecule has 2 atom stereocenters. The maximum atomic E-state index is 13.6. The van der Waals surface area contributed by atoms with E-state index in [1.807, 2.05) is 30.3 Å². The van der Waals surface area contributed by atoms with Crippen molar-refractivity contribution < 1.29 is 17.9 Å². The molecule has 4 heterocycles. The van der Waals surface area contributed by atoms with Crippen LogP contribution in [-0.4, -0.2) is 63.5 Å². The zero-order chi connectivity index (χ0) is 21.6. The molecule has 3 aromatic rings. The number of carbonyl (C=O) groups excluding carboxylic acids is 1. The Kier molecular flexibility index (Phi) is 4.75. The van der Waals surface area contributed by atoms with Gasteiger partial charge in [-0.25, -0.2) is 13.4 Å². The second-order valence-corrected chi connectivity index (χ2v) is 9.48. The van der Waals surface area contributed by atoms with Crippen molar-refractivity contribution in [1.29, 1.82) is 0 Å². The number of carbonyl (C=O) groups is 1. The molecule has 2 aromatic heterocycles. The topological polar surface area (TPSA) is 97.6 Å². The Hall–Kier alpha value is -3.24. The first-order valence-electron chi connectivity index (χ1n) is 9.90. The first kappa shape index (κ1) is 19.7. The van der Waals surface area contributed by atoms with Crippen molar-refractivity contribution in [3.05, 3.63) is 72.2 Å². The predicted octanol–water partition coefficient (Wildman–Crippen LogP) is 1.29. The summed E-state index contributed by atoms with van der Waals surface area (Å²) in [6, 6.07) is 13.6. The Balaban J connectivity index is 1.54. The van der Waals surface area contributed by atoms with Gasteiger partial charge in [-0.3, -0.25) is 9.48 Å². The number of aromatic nitrogens is 3. The van der Waals surface area contributed by atoms with Gasteiger partial charge in [-0.05, 0) is 23.8 Å². The summed E-state index contributed by atoms with van der Waals surface area (Å²) in [6.45, 7) is 0.649. The number of pyridine rings is 1. The molecular weight excluding hydrogens is 418 g/mol. The van der Waals surface area contributed by atoms with Crippen LogP contribution in [0, 0.1) is 0 Å². The molecule has 1 fully saturated rings. The van der Waals surface area contributed by atoms with E-state index in [1.165, 1.54) is 21.3 Å². The number of likely N-dealkylation sites (tertiary alicyclic amines) is 1. The molecule has 1 amide bonds. The van der Waals surface area contributed by atoms with Crippen LogP contribution in [0.25, 0.3) is 0 Å². The molecule has 0 saturated carbocycles. The van der Waals surface area contributed by atoms with Crippen molar-refractivity contribution in [3.63, 3.8) is 0 Å². The molecule has 0 bridgehead atoms. The molecule has 1 aromatic carbocycles. The maximum Gasteiger partial charge on any atom is 0.272 e. The number of hydrogen-bond donors (Lipinski definition) is 0. The molecule has 0 spiro atoms. The Morgan fingerprint density at radius 2 is 1.90 bits per heavy atom. The third kappa shape index (κ3) is 3.37. The minimum atomic E-state index is -3.89. The monoisotopic (exact) mass is 439 g/mol. The summed E-state index contributed by atoms with van der Waals surface area (Å²) in [7, 11) is -2.19. The number of ether oxygens (including phenoxy) is 1. The maximum absolute atomic E-state index is 13.6. The fourth-order valence-corrected chi connectivity index (χ4v) is 5.84. The van der Waals surface area contributed by atoms with Gasteiger partial charge < -0.3 is 9.64 Å². The van der Waals surface area contributed by atoms with E-state index in [9.17, 15) is 13.2 Å². The average Bonchev–Trinajstić information content (AvgIpc) is 3.37. The quantitative estimate of drug-likeness (QED) is 0.610. The van der Waals surface area contributed by atoms with Crippen LogP contribution in [0.5, 0.6) is 5.88 Å². The SMILES string of the molecule is Cn1nccc1C(=O)N1C[C@@H]2Oc3ncccc3S(=O)(=O)N(Cc3ccccc3)[C@H]2C1. The van der Waals surface area contributed by atoms with Crippen molar-refractivity contribution in [1.82, 2.24) is 24.0 Å². The van der Waals surface area contributed by atoms with Crippen LogP contribution in [0.1, 0.15) is 16.1 Å². The number of fused-ring (bicyclic) bond motifs is 2. The molecule has 2 aliphatic heterocycles. The Morgan fingerprint density at radius 3 is 2.65 bits per heavy atom. The van der Waals surface area contributed by atoms with Gasteiger partial charge >= 0.3 is 0 Å². The highest BCUT2D eigenvalue weighted by Crippen LogP contribution is 2.36. The molecule has 31 heavy (non-hydrogen) atoms. The van der Waals surface area contributed by atoms with Gasteiger partial charge in [0.2, 0.25) is 15.9 Å². The van der Waals surface area contributed by atoms with Crippen molar-refractivity contribution in [2.24, 2.45) is 7.05 Å². The smallest absolute Gasteiger partial charge is 0.272 e. The second kappa shape index (κ2) is 7.47. The summed E-state index contributed by atoms with van der Waals surface area (Å²) in [4.78, 5) is 18.9. The zero-order valence-electron chi connectivity index (χ0n) is 16.8. The molecule has 0 radical (unpaired) electrons. The molecule has 0 N–H and O–H groups in total. The van der Waals surface area contributed by atoms with E-state index in [0.717, 1.165) is 5.56 Å². The van der Waals surface area contributed by atoms with Crippen molar-refractivity contribution >= 4 is 15.9 Å². The number of aryl methyl sites for hydroxylation is 1. The van der Waals surface area contributed by atoms with Gasteiger partial charge in [0.1, 0.15) is 16.7 Å².